The average molecular weight is 253 g/mol. The first-order chi connectivity index (χ1) is 9.15. The van der Waals surface area contributed by atoms with Gasteiger partial charge in [0.05, 0.1) is 0 Å². The molecule has 100 valence electrons. The number of allylic oxidation sites excluding steroid dienone is 2. The normalized spacial score (nSPS) is 19.6. The van der Waals surface area contributed by atoms with Crippen LogP contribution in [0.5, 0.6) is 0 Å². The number of aryl methyl sites for hydroxylation is 1. The number of fused-ring (bicyclic) bond motifs is 1. The maximum Gasteiger partial charge on any atom is 0.0180 e. The van der Waals surface area contributed by atoms with E-state index in [1.165, 1.54) is 47.2 Å². The van der Waals surface area contributed by atoms with E-state index in [9.17, 15) is 0 Å². The zero-order valence-corrected chi connectivity index (χ0v) is 11.9. The Morgan fingerprint density at radius 2 is 1.95 bits per heavy atom. The highest BCUT2D eigenvalue weighted by Gasteiger charge is 2.22. The Bertz CT molecular complexity index is 518. The van der Waals surface area contributed by atoms with Crippen LogP contribution in [0.15, 0.2) is 37.1 Å². The van der Waals surface area contributed by atoms with Crippen molar-refractivity contribution in [1.82, 2.24) is 4.90 Å². The first-order valence-corrected chi connectivity index (χ1v) is 7.36. The molecule has 1 nitrogen and oxygen atoms in total. The summed E-state index contributed by atoms with van der Waals surface area (Å²) < 4.78 is 0. The molecule has 0 spiro atoms. The maximum absolute atomic E-state index is 4.15. The summed E-state index contributed by atoms with van der Waals surface area (Å²) in [6.07, 6.45) is 4.85. The number of nitrogens with zero attached hydrogens (tertiary/aromatic N) is 1. The summed E-state index contributed by atoms with van der Waals surface area (Å²) in [5, 5.41) is 0. The average Bonchev–Trinajstić information content (AvgIpc) is 2.80. The van der Waals surface area contributed by atoms with Gasteiger partial charge in [0, 0.05) is 18.8 Å². The quantitative estimate of drug-likeness (QED) is 0.757. The van der Waals surface area contributed by atoms with E-state index in [1.807, 2.05) is 0 Å². The maximum atomic E-state index is 4.15. The minimum absolute atomic E-state index is 0.731. The van der Waals surface area contributed by atoms with E-state index >= 15 is 0 Å². The molecule has 0 aromatic heterocycles. The van der Waals surface area contributed by atoms with Crippen LogP contribution in [0.3, 0.4) is 0 Å². The molecular weight excluding hydrogens is 230 g/mol. The van der Waals surface area contributed by atoms with E-state index < -0.39 is 0 Å². The van der Waals surface area contributed by atoms with Crippen LogP contribution in [0.4, 0.5) is 0 Å². The second-order valence-corrected chi connectivity index (χ2v) is 6.02. The standard InChI is InChI=1S/C18H23N/c1-13(2)19-10-8-15(9-11-19)16-6-7-18-14(3)4-5-17(18)12-16/h6-7,12,15H,1,3-5,8-11H2,2H3. The van der Waals surface area contributed by atoms with Crippen molar-refractivity contribution >= 4 is 5.57 Å². The monoisotopic (exact) mass is 253 g/mol. The fraction of sp³-hybridized carbons (Fsp3) is 0.444. The molecule has 1 aliphatic heterocycles. The van der Waals surface area contributed by atoms with Crippen molar-refractivity contribution in [2.24, 2.45) is 0 Å². The largest absolute Gasteiger partial charge is 0.375 e. The van der Waals surface area contributed by atoms with Gasteiger partial charge >= 0.3 is 0 Å². The molecule has 1 heteroatoms. The number of rotatable bonds is 2. The van der Waals surface area contributed by atoms with Gasteiger partial charge in [-0.1, -0.05) is 31.4 Å². The predicted molar refractivity (Wildman–Crippen MR) is 82.2 cm³/mol. The van der Waals surface area contributed by atoms with E-state index in [1.54, 1.807) is 0 Å². The molecule has 1 fully saturated rings. The van der Waals surface area contributed by atoms with Crippen molar-refractivity contribution in [3.8, 4) is 0 Å². The van der Waals surface area contributed by atoms with Gasteiger partial charge < -0.3 is 4.90 Å². The van der Waals surface area contributed by atoms with Gasteiger partial charge in [0.25, 0.3) is 0 Å². The van der Waals surface area contributed by atoms with Crippen LogP contribution >= 0.6 is 0 Å². The third-order valence-corrected chi connectivity index (χ3v) is 4.71. The van der Waals surface area contributed by atoms with E-state index in [0.717, 1.165) is 25.4 Å². The van der Waals surface area contributed by atoms with Gasteiger partial charge in [-0.15, -0.1) is 0 Å². The molecule has 0 bridgehead atoms. The fourth-order valence-corrected chi connectivity index (χ4v) is 3.43. The van der Waals surface area contributed by atoms with E-state index in [0.29, 0.717) is 0 Å². The topological polar surface area (TPSA) is 3.24 Å². The Morgan fingerprint density at radius 3 is 2.63 bits per heavy atom. The first-order valence-electron chi connectivity index (χ1n) is 7.36. The molecule has 1 aromatic carbocycles. The molecule has 0 radical (unpaired) electrons. The van der Waals surface area contributed by atoms with Gasteiger partial charge in [0.2, 0.25) is 0 Å². The van der Waals surface area contributed by atoms with Gasteiger partial charge in [0.15, 0.2) is 0 Å². The van der Waals surface area contributed by atoms with E-state index in [4.69, 9.17) is 0 Å². The zero-order valence-electron chi connectivity index (χ0n) is 11.9. The SMILES string of the molecule is C=C1CCc2cc(C3CCN(C(=C)C)CC3)ccc21. The minimum Gasteiger partial charge on any atom is -0.375 e. The Morgan fingerprint density at radius 1 is 1.21 bits per heavy atom. The molecule has 3 rings (SSSR count). The Labute approximate surface area is 116 Å². The van der Waals surface area contributed by atoms with Crippen molar-refractivity contribution < 1.29 is 0 Å². The minimum atomic E-state index is 0.731. The summed E-state index contributed by atoms with van der Waals surface area (Å²) in [6, 6.07) is 7.07. The fourth-order valence-electron chi connectivity index (χ4n) is 3.43. The number of benzene rings is 1. The lowest BCUT2D eigenvalue weighted by Gasteiger charge is -2.34. The molecule has 1 aliphatic carbocycles. The molecule has 0 amide bonds. The van der Waals surface area contributed by atoms with Crippen LogP contribution in [0.1, 0.15) is 48.8 Å². The van der Waals surface area contributed by atoms with Crippen LogP contribution in [0, 0.1) is 0 Å². The van der Waals surface area contributed by atoms with Crippen LogP contribution < -0.4 is 0 Å². The van der Waals surface area contributed by atoms with Crippen molar-refractivity contribution in [2.45, 2.75) is 38.5 Å². The summed E-state index contributed by atoms with van der Waals surface area (Å²) in [6.45, 7) is 12.6. The van der Waals surface area contributed by atoms with Gasteiger partial charge in [-0.3, -0.25) is 0 Å². The number of piperidine rings is 1. The summed E-state index contributed by atoms with van der Waals surface area (Å²) in [4.78, 5) is 2.41. The molecule has 0 N–H and O–H groups in total. The van der Waals surface area contributed by atoms with Crippen molar-refractivity contribution in [3.05, 3.63) is 53.7 Å². The van der Waals surface area contributed by atoms with Gasteiger partial charge in [-0.25, -0.2) is 0 Å². The lowest BCUT2D eigenvalue weighted by Crippen LogP contribution is -2.31. The Balaban J connectivity index is 1.74. The molecular formula is C18H23N. The highest BCUT2D eigenvalue weighted by molar-refractivity contribution is 5.71. The second kappa shape index (κ2) is 4.88. The lowest BCUT2D eigenvalue weighted by atomic mass is 9.87. The number of likely N-dealkylation sites (tertiary alicyclic amines) is 1. The molecule has 1 aromatic rings. The van der Waals surface area contributed by atoms with Crippen molar-refractivity contribution in [1.29, 1.82) is 0 Å². The lowest BCUT2D eigenvalue weighted by molar-refractivity contribution is 0.264. The van der Waals surface area contributed by atoms with Crippen LogP contribution in [-0.2, 0) is 6.42 Å². The Kier molecular flexibility index (Phi) is 3.22. The van der Waals surface area contributed by atoms with Gasteiger partial charge in [-0.05, 0) is 60.8 Å². The molecule has 0 atom stereocenters. The zero-order chi connectivity index (χ0) is 13.4. The number of hydrogen-bond donors (Lipinski definition) is 0. The van der Waals surface area contributed by atoms with Gasteiger partial charge in [-0.2, -0.15) is 0 Å². The van der Waals surface area contributed by atoms with Crippen molar-refractivity contribution in [3.63, 3.8) is 0 Å². The van der Waals surface area contributed by atoms with Gasteiger partial charge in [0.1, 0.15) is 0 Å². The highest BCUT2D eigenvalue weighted by atomic mass is 15.1. The van der Waals surface area contributed by atoms with Crippen LogP contribution in [-0.4, -0.2) is 18.0 Å². The van der Waals surface area contributed by atoms with E-state index in [2.05, 4.69) is 43.2 Å². The van der Waals surface area contributed by atoms with Crippen LogP contribution in [0.2, 0.25) is 0 Å². The molecule has 0 unspecified atom stereocenters. The third kappa shape index (κ3) is 2.34. The Hall–Kier alpha value is -1.50. The molecule has 19 heavy (non-hydrogen) atoms. The smallest absolute Gasteiger partial charge is 0.0180 e. The first kappa shape index (κ1) is 12.5. The summed E-state index contributed by atoms with van der Waals surface area (Å²) >= 11 is 0. The molecule has 2 aliphatic rings. The molecule has 1 heterocycles. The second-order valence-electron chi connectivity index (χ2n) is 6.02. The highest BCUT2D eigenvalue weighted by Crippen LogP contribution is 2.35. The van der Waals surface area contributed by atoms with E-state index in [-0.39, 0.29) is 0 Å². The predicted octanol–water partition coefficient (Wildman–Crippen LogP) is 4.36. The summed E-state index contributed by atoms with van der Waals surface area (Å²) in [7, 11) is 0. The number of hydrogen-bond acceptors (Lipinski definition) is 1. The van der Waals surface area contributed by atoms with Crippen molar-refractivity contribution in [2.75, 3.05) is 13.1 Å². The summed E-state index contributed by atoms with van der Waals surface area (Å²) in [5.41, 5.74) is 6.99. The molecule has 1 saturated heterocycles. The van der Waals surface area contributed by atoms with Crippen LogP contribution in [0.25, 0.3) is 5.57 Å². The summed E-state index contributed by atoms with van der Waals surface area (Å²) in [5.74, 6) is 0.731. The molecule has 0 saturated carbocycles. The third-order valence-electron chi connectivity index (χ3n) is 4.71.